The van der Waals surface area contributed by atoms with Crippen LogP contribution in [0.25, 0.3) is 11.6 Å². The zero-order valence-electron chi connectivity index (χ0n) is 16.4. The number of aliphatic hydroxyl groups is 1. The molecule has 0 aromatic heterocycles. The number of hydrogen-bond donors (Lipinski definition) is 2. The second kappa shape index (κ2) is 10.9. The molecule has 0 bridgehead atoms. The van der Waals surface area contributed by atoms with Crippen LogP contribution in [0.3, 0.4) is 0 Å². The smallest absolute Gasteiger partial charge is 0.0897 e. The molecular weight excluding hydrogens is 330 g/mol. The molecule has 0 heterocycles. The highest BCUT2D eigenvalue weighted by Gasteiger charge is 1.99. The van der Waals surface area contributed by atoms with E-state index in [1.807, 2.05) is 19.2 Å². The van der Waals surface area contributed by atoms with E-state index in [9.17, 15) is 5.11 Å². The van der Waals surface area contributed by atoms with Gasteiger partial charge in [-0.05, 0) is 60.2 Å². The van der Waals surface area contributed by atoms with Crippen molar-refractivity contribution in [3.8, 4) is 0 Å². The highest BCUT2D eigenvalue weighted by molar-refractivity contribution is 5.74. The van der Waals surface area contributed by atoms with Crippen molar-refractivity contribution in [2.45, 2.75) is 26.7 Å². The third-order valence-corrected chi connectivity index (χ3v) is 4.27. The summed E-state index contributed by atoms with van der Waals surface area (Å²) in [4.78, 5) is 0. The van der Waals surface area contributed by atoms with E-state index in [-0.39, 0.29) is 0 Å². The number of benzene rings is 2. The second-order valence-electron chi connectivity index (χ2n) is 6.39. The Balaban J connectivity index is 2.01. The number of anilines is 1. The number of aryl methyl sites for hydroxylation is 1. The molecule has 0 unspecified atom stereocenters. The summed E-state index contributed by atoms with van der Waals surface area (Å²) >= 11 is 0. The Bertz CT molecular complexity index is 818. The molecule has 0 aliphatic rings. The van der Waals surface area contributed by atoms with Gasteiger partial charge in [0.15, 0.2) is 0 Å². The average Bonchev–Trinajstić information content (AvgIpc) is 2.70. The highest BCUT2D eigenvalue weighted by Crippen LogP contribution is 2.19. The molecule has 140 valence electrons. The fourth-order valence-electron chi connectivity index (χ4n) is 2.70. The minimum atomic E-state index is 0.315. The van der Waals surface area contributed by atoms with Crippen molar-refractivity contribution in [2.24, 2.45) is 0 Å². The normalized spacial score (nSPS) is 12.9. The van der Waals surface area contributed by atoms with Crippen LogP contribution < -0.4 is 5.32 Å². The van der Waals surface area contributed by atoms with E-state index in [0.29, 0.717) is 5.76 Å². The lowest BCUT2D eigenvalue weighted by molar-refractivity contribution is 0.415. The van der Waals surface area contributed by atoms with Gasteiger partial charge in [-0.1, -0.05) is 73.7 Å². The van der Waals surface area contributed by atoms with E-state index in [2.05, 4.69) is 85.1 Å². The van der Waals surface area contributed by atoms with Gasteiger partial charge in [-0.15, -0.1) is 0 Å². The molecule has 0 aliphatic heterocycles. The molecule has 2 rings (SSSR count). The first-order chi connectivity index (χ1) is 13.1. The molecular formula is C25H29NO. The van der Waals surface area contributed by atoms with Crippen LogP contribution in [0.2, 0.25) is 0 Å². The Morgan fingerprint density at radius 2 is 1.70 bits per heavy atom. The Labute approximate surface area is 163 Å². The van der Waals surface area contributed by atoms with E-state index in [4.69, 9.17) is 0 Å². The Kier molecular flexibility index (Phi) is 8.18. The largest absolute Gasteiger partial charge is 0.513 e. The van der Waals surface area contributed by atoms with Gasteiger partial charge in [0.05, 0.1) is 5.76 Å². The van der Waals surface area contributed by atoms with Gasteiger partial charge in [0.25, 0.3) is 0 Å². The predicted octanol–water partition coefficient (Wildman–Crippen LogP) is 6.80. The second-order valence-corrected chi connectivity index (χ2v) is 6.39. The predicted molar refractivity (Wildman–Crippen MR) is 119 cm³/mol. The fraction of sp³-hybridized carbons (Fsp3) is 0.200. The van der Waals surface area contributed by atoms with Crippen LogP contribution in [0.1, 0.15) is 37.0 Å². The molecule has 0 radical (unpaired) electrons. The van der Waals surface area contributed by atoms with E-state index < -0.39 is 0 Å². The summed E-state index contributed by atoms with van der Waals surface area (Å²) in [5.74, 6) is 0.315. The molecule has 2 aromatic carbocycles. The van der Waals surface area contributed by atoms with Crippen molar-refractivity contribution in [1.29, 1.82) is 0 Å². The summed E-state index contributed by atoms with van der Waals surface area (Å²) in [6, 6.07) is 16.8. The van der Waals surface area contributed by atoms with Crippen LogP contribution in [0.5, 0.6) is 0 Å². The maximum atomic E-state index is 9.68. The van der Waals surface area contributed by atoms with Crippen LogP contribution in [-0.4, -0.2) is 12.2 Å². The first-order valence-electron chi connectivity index (χ1n) is 9.40. The van der Waals surface area contributed by atoms with Crippen molar-refractivity contribution in [3.63, 3.8) is 0 Å². The minimum Gasteiger partial charge on any atom is -0.513 e. The third kappa shape index (κ3) is 7.02. The van der Waals surface area contributed by atoms with Gasteiger partial charge in [-0.25, -0.2) is 0 Å². The molecule has 0 aliphatic carbocycles. The molecule has 0 saturated heterocycles. The van der Waals surface area contributed by atoms with Crippen molar-refractivity contribution in [1.82, 2.24) is 0 Å². The van der Waals surface area contributed by atoms with Crippen molar-refractivity contribution in [3.05, 3.63) is 101 Å². The fourth-order valence-corrected chi connectivity index (χ4v) is 2.70. The summed E-state index contributed by atoms with van der Waals surface area (Å²) in [7, 11) is 1.92. The number of allylic oxidation sites excluding steroid dienone is 7. The summed E-state index contributed by atoms with van der Waals surface area (Å²) < 4.78 is 0. The summed E-state index contributed by atoms with van der Waals surface area (Å²) in [5, 5.41) is 12.8. The van der Waals surface area contributed by atoms with Gasteiger partial charge < -0.3 is 10.4 Å². The van der Waals surface area contributed by atoms with Crippen LogP contribution in [-0.2, 0) is 6.42 Å². The molecule has 2 aromatic rings. The van der Waals surface area contributed by atoms with E-state index in [1.54, 1.807) is 6.92 Å². The molecule has 0 saturated carbocycles. The molecule has 0 fully saturated rings. The maximum Gasteiger partial charge on any atom is 0.0897 e. The topological polar surface area (TPSA) is 32.3 Å². The SMILES string of the molecule is CCc1ccc(C(/C=C(/C)O)=C/C/C=C/C=C/c2ccc(NC)cc2)cc1. The molecule has 2 heteroatoms. The lowest BCUT2D eigenvalue weighted by Crippen LogP contribution is -1.86. The molecule has 2 N–H and O–H groups in total. The van der Waals surface area contributed by atoms with Gasteiger partial charge >= 0.3 is 0 Å². The van der Waals surface area contributed by atoms with Gasteiger partial charge in [0.1, 0.15) is 0 Å². The quantitative estimate of drug-likeness (QED) is 0.401. The third-order valence-electron chi connectivity index (χ3n) is 4.27. The number of hydrogen-bond acceptors (Lipinski definition) is 2. The molecule has 0 amide bonds. The average molecular weight is 360 g/mol. The van der Waals surface area contributed by atoms with Crippen LogP contribution in [0, 0.1) is 0 Å². The number of rotatable bonds is 8. The number of nitrogens with one attached hydrogen (secondary N) is 1. The lowest BCUT2D eigenvalue weighted by Gasteiger charge is -2.05. The van der Waals surface area contributed by atoms with Crippen molar-refractivity contribution in [2.75, 3.05) is 12.4 Å². The monoisotopic (exact) mass is 359 g/mol. The first-order valence-corrected chi connectivity index (χ1v) is 9.40. The van der Waals surface area contributed by atoms with Crippen molar-refractivity contribution < 1.29 is 5.11 Å². The van der Waals surface area contributed by atoms with Crippen LogP contribution in [0.4, 0.5) is 5.69 Å². The molecule has 0 spiro atoms. The van der Waals surface area contributed by atoms with Crippen molar-refractivity contribution >= 4 is 17.3 Å². The summed E-state index contributed by atoms with van der Waals surface area (Å²) in [6.45, 7) is 3.85. The zero-order valence-corrected chi connectivity index (χ0v) is 16.4. The standard InChI is InChI=1S/C25H29NO/c1-4-21-11-15-23(16-12-21)24(19-20(2)27)10-8-6-5-7-9-22-13-17-25(26-3)18-14-22/h5-7,9-19,26-27H,4,8H2,1-3H3/b6-5+,9-7+,20-19-,24-10+. The van der Waals surface area contributed by atoms with Gasteiger partial charge in [0.2, 0.25) is 0 Å². The Morgan fingerprint density at radius 3 is 2.30 bits per heavy atom. The summed E-state index contributed by atoms with van der Waals surface area (Å²) in [5.41, 5.74) is 5.75. The first kappa shape index (κ1) is 20.3. The molecule has 0 atom stereocenters. The van der Waals surface area contributed by atoms with E-state index in [0.717, 1.165) is 29.7 Å². The van der Waals surface area contributed by atoms with Crippen LogP contribution >= 0.6 is 0 Å². The maximum absolute atomic E-state index is 9.68. The Morgan fingerprint density at radius 1 is 1.00 bits per heavy atom. The van der Waals surface area contributed by atoms with Crippen LogP contribution in [0.15, 0.2) is 84.7 Å². The van der Waals surface area contributed by atoms with Gasteiger partial charge in [-0.2, -0.15) is 0 Å². The molecule has 2 nitrogen and oxygen atoms in total. The highest BCUT2D eigenvalue weighted by atomic mass is 16.3. The lowest BCUT2D eigenvalue weighted by atomic mass is 10.0. The number of aliphatic hydroxyl groups excluding tert-OH is 1. The van der Waals surface area contributed by atoms with E-state index >= 15 is 0 Å². The van der Waals surface area contributed by atoms with Gasteiger partial charge in [0, 0.05) is 12.7 Å². The van der Waals surface area contributed by atoms with E-state index in [1.165, 1.54) is 11.1 Å². The minimum absolute atomic E-state index is 0.315. The van der Waals surface area contributed by atoms with Gasteiger partial charge in [-0.3, -0.25) is 0 Å². The Hall–Kier alpha value is -3.00. The summed E-state index contributed by atoms with van der Waals surface area (Å²) in [6.07, 6.45) is 14.1. The molecule has 27 heavy (non-hydrogen) atoms. The zero-order chi connectivity index (χ0) is 19.5.